The summed E-state index contributed by atoms with van der Waals surface area (Å²) < 4.78 is 4.52. The van der Waals surface area contributed by atoms with Crippen molar-refractivity contribution in [3.8, 4) is 0 Å². The van der Waals surface area contributed by atoms with E-state index >= 15 is 0 Å². The lowest BCUT2D eigenvalue weighted by Gasteiger charge is -2.16. The highest BCUT2D eigenvalue weighted by Crippen LogP contribution is 2.23. The first-order chi connectivity index (χ1) is 6.65. The lowest BCUT2D eigenvalue weighted by molar-refractivity contribution is 0.187. The molecule has 4 nitrogen and oxygen atoms in total. The lowest BCUT2D eigenvalue weighted by Crippen LogP contribution is -2.16. The highest BCUT2D eigenvalue weighted by Gasteiger charge is 2.06. The quantitative estimate of drug-likeness (QED) is 0.782. The summed E-state index contributed by atoms with van der Waals surface area (Å²) in [5.41, 5.74) is 1.68. The molecule has 1 amide bonds. The van der Waals surface area contributed by atoms with Gasteiger partial charge in [-0.3, -0.25) is 5.32 Å². The fraction of sp³-hybridized carbons (Fsp3) is 0.300. The van der Waals surface area contributed by atoms with Gasteiger partial charge in [-0.2, -0.15) is 0 Å². The molecule has 0 unspecified atom stereocenters. The minimum absolute atomic E-state index is 0.459. The Balaban J connectivity index is 2.90. The largest absolute Gasteiger partial charge is 0.453 e. The maximum atomic E-state index is 11.0. The molecule has 0 fully saturated rings. The summed E-state index contributed by atoms with van der Waals surface area (Å²) in [6.45, 7) is 0. The van der Waals surface area contributed by atoms with Gasteiger partial charge in [0.1, 0.15) is 0 Å². The van der Waals surface area contributed by atoms with Gasteiger partial charge in [0.25, 0.3) is 0 Å². The third-order valence-corrected chi connectivity index (χ3v) is 1.81. The van der Waals surface area contributed by atoms with Crippen LogP contribution in [0, 0.1) is 0 Å². The van der Waals surface area contributed by atoms with E-state index in [1.165, 1.54) is 7.11 Å². The van der Waals surface area contributed by atoms with E-state index in [9.17, 15) is 4.79 Å². The zero-order chi connectivity index (χ0) is 10.6. The SMILES string of the molecule is COC(=O)Nc1ccccc1N(C)C. The number of benzene rings is 1. The van der Waals surface area contributed by atoms with Crippen molar-refractivity contribution in [1.29, 1.82) is 0 Å². The summed E-state index contributed by atoms with van der Waals surface area (Å²) in [6.07, 6.45) is -0.459. The molecule has 1 rings (SSSR count). The monoisotopic (exact) mass is 194 g/mol. The first-order valence-corrected chi connectivity index (χ1v) is 4.26. The van der Waals surface area contributed by atoms with Crippen LogP contribution in [-0.4, -0.2) is 27.3 Å². The standard InChI is InChI=1S/C10H14N2O2/c1-12(2)9-7-5-4-6-8(9)11-10(13)14-3/h4-7H,1-3H3,(H,11,13). The molecule has 1 aromatic carbocycles. The van der Waals surface area contributed by atoms with Gasteiger partial charge < -0.3 is 9.64 Å². The van der Waals surface area contributed by atoms with Crippen LogP contribution in [0.15, 0.2) is 24.3 Å². The molecule has 76 valence electrons. The molecule has 0 aliphatic carbocycles. The Labute approximate surface area is 83.5 Å². The van der Waals surface area contributed by atoms with Crippen molar-refractivity contribution in [2.75, 3.05) is 31.4 Å². The van der Waals surface area contributed by atoms with Crippen molar-refractivity contribution >= 4 is 17.5 Å². The molecule has 0 aliphatic heterocycles. The molecule has 0 saturated carbocycles. The second-order valence-electron chi connectivity index (χ2n) is 3.03. The number of rotatable bonds is 2. The van der Waals surface area contributed by atoms with Gasteiger partial charge >= 0.3 is 6.09 Å². The highest BCUT2D eigenvalue weighted by molar-refractivity contribution is 5.89. The first-order valence-electron chi connectivity index (χ1n) is 4.26. The van der Waals surface area contributed by atoms with E-state index in [1.807, 2.05) is 43.3 Å². The molecule has 0 spiro atoms. The number of para-hydroxylation sites is 2. The molecule has 0 saturated heterocycles. The third-order valence-electron chi connectivity index (χ3n) is 1.81. The van der Waals surface area contributed by atoms with Crippen molar-refractivity contribution in [2.24, 2.45) is 0 Å². The minimum Gasteiger partial charge on any atom is -0.453 e. The van der Waals surface area contributed by atoms with Gasteiger partial charge in [-0.05, 0) is 12.1 Å². The predicted octanol–water partition coefficient (Wildman–Crippen LogP) is 1.93. The molecule has 0 bridgehead atoms. The molecule has 0 aliphatic rings. The number of amides is 1. The number of anilines is 2. The zero-order valence-corrected chi connectivity index (χ0v) is 8.57. The van der Waals surface area contributed by atoms with Crippen LogP contribution in [0.2, 0.25) is 0 Å². The number of nitrogens with zero attached hydrogens (tertiary/aromatic N) is 1. The maximum Gasteiger partial charge on any atom is 0.411 e. The minimum atomic E-state index is -0.459. The van der Waals surface area contributed by atoms with E-state index in [4.69, 9.17) is 0 Å². The van der Waals surface area contributed by atoms with Crippen molar-refractivity contribution in [3.05, 3.63) is 24.3 Å². The van der Waals surface area contributed by atoms with E-state index < -0.39 is 6.09 Å². The summed E-state index contributed by atoms with van der Waals surface area (Å²) in [6, 6.07) is 7.52. The van der Waals surface area contributed by atoms with E-state index in [0.29, 0.717) is 0 Å². The summed E-state index contributed by atoms with van der Waals surface area (Å²) in [7, 11) is 5.17. The Morgan fingerprint density at radius 2 is 2.00 bits per heavy atom. The summed E-state index contributed by atoms with van der Waals surface area (Å²) in [4.78, 5) is 12.9. The summed E-state index contributed by atoms with van der Waals surface area (Å²) in [5.74, 6) is 0. The van der Waals surface area contributed by atoms with E-state index in [2.05, 4.69) is 10.1 Å². The molecule has 0 atom stereocenters. The summed E-state index contributed by atoms with van der Waals surface area (Å²) >= 11 is 0. The number of hydrogen-bond acceptors (Lipinski definition) is 3. The van der Waals surface area contributed by atoms with Crippen molar-refractivity contribution < 1.29 is 9.53 Å². The van der Waals surface area contributed by atoms with Crippen LogP contribution >= 0.6 is 0 Å². The van der Waals surface area contributed by atoms with Crippen LogP contribution in [0.3, 0.4) is 0 Å². The van der Waals surface area contributed by atoms with Crippen molar-refractivity contribution in [3.63, 3.8) is 0 Å². The van der Waals surface area contributed by atoms with Crippen molar-refractivity contribution in [2.45, 2.75) is 0 Å². The molecule has 1 aromatic rings. The molecule has 0 heterocycles. The predicted molar refractivity (Wildman–Crippen MR) is 56.8 cm³/mol. The van der Waals surface area contributed by atoms with E-state index in [0.717, 1.165) is 11.4 Å². The Hall–Kier alpha value is -1.71. The number of hydrogen-bond donors (Lipinski definition) is 1. The number of nitrogens with one attached hydrogen (secondary N) is 1. The smallest absolute Gasteiger partial charge is 0.411 e. The third kappa shape index (κ3) is 2.39. The normalized spacial score (nSPS) is 9.36. The van der Waals surface area contributed by atoms with E-state index in [1.54, 1.807) is 0 Å². The Kier molecular flexibility index (Phi) is 3.34. The van der Waals surface area contributed by atoms with Crippen LogP contribution in [0.25, 0.3) is 0 Å². The van der Waals surface area contributed by atoms with Gasteiger partial charge in [0.15, 0.2) is 0 Å². The summed E-state index contributed by atoms with van der Waals surface area (Å²) in [5, 5.41) is 2.64. The van der Waals surface area contributed by atoms with Gasteiger partial charge in [0.2, 0.25) is 0 Å². The second kappa shape index (κ2) is 4.50. The fourth-order valence-electron chi connectivity index (χ4n) is 1.13. The van der Waals surface area contributed by atoms with Gasteiger partial charge in [0, 0.05) is 14.1 Å². The number of carbonyl (C=O) groups excluding carboxylic acids is 1. The van der Waals surface area contributed by atoms with Crippen LogP contribution in [0.1, 0.15) is 0 Å². The topological polar surface area (TPSA) is 41.6 Å². The maximum absolute atomic E-state index is 11.0. The zero-order valence-electron chi connectivity index (χ0n) is 8.57. The first kappa shape index (κ1) is 10.4. The van der Waals surface area contributed by atoms with Crippen LogP contribution in [-0.2, 0) is 4.74 Å². The van der Waals surface area contributed by atoms with Crippen LogP contribution < -0.4 is 10.2 Å². The van der Waals surface area contributed by atoms with Gasteiger partial charge in [0.05, 0.1) is 18.5 Å². The Bertz CT molecular complexity index is 324. The number of carbonyl (C=O) groups is 1. The molecule has 14 heavy (non-hydrogen) atoms. The van der Waals surface area contributed by atoms with Crippen LogP contribution in [0.5, 0.6) is 0 Å². The van der Waals surface area contributed by atoms with E-state index in [-0.39, 0.29) is 0 Å². The van der Waals surface area contributed by atoms with Gasteiger partial charge in [-0.25, -0.2) is 4.79 Å². The second-order valence-corrected chi connectivity index (χ2v) is 3.03. The van der Waals surface area contributed by atoms with Crippen LogP contribution in [0.4, 0.5) is 16.2 Å². The highest BCUT2D eigenvalue weighted by atomic mass is 16.5. The number of methoxy groups -OCH3 is 1. The van der Waals surface area contributed by atoms with Gasteiger partial charge in [-0.15, -0.1) is 0 Å². The average molecular weight is 194 g/mol. The molecular formula is C10H14N2O2. The Morgan fingerprint density at radius 1 is 1.36 bits per heavy atom. The van der Waals surface area contributed by atoms with Gasteiger partial charge in [-0.1, -0.05) is 12.1 Å². The molecular weight excluding hydrogens is 180 g/mol. The molecule has 0 radical (unpaired) electrons. The molecule has 1 N–H and O–H groups in total. The molecule has 0 aromatic heterocycles. The Morgan fingerprint density at radius 3 is 2.57 bits per heavy atom. The fourth-order valence-corrected chi connectivity index (χ4v) is 1.13. The number of ether oxygens (including phenoxy) is 1. The van der Waals surface area contributed by atoms with Crippen molar-refractivity contribution in [1.82, 2.24) is 0 Å². The molecule has 4 heteroatoms. The lowest BCUT2D eigenvalue weighted by atomic mass is 10.2. The average Bonchev–Trinajstić information content (AvgIpc) is 2.18.